The van der Waals surface area contributed by atoms with Crippen LogP contribution in [-0.4, -0.2) is 23.3 Å². The van der Waals surface area contributed by atoms with Crippen molar-refractivity contribution < 1.29 is 19.2 Å². The molecule has 0 fully saturated rings. The largest absolute Gasteiger partial charge is 0.493 e. The Bertz CT molecular complexity index is 657. The van der Waals surface area contributed by atoms with Crippen LogP contribution in [-0.2, 0) is 0 Å². The number of carbonyl (C=O) groups is 1. The summed E-state index contributed by atoms with van der Waals surface area (Å²) in [4.78, 5) is 24.7. The molecule has 0 atom stereocenters. The topological polar surface area (TPSA) is 91.6 Å². The third kappa shape index (κ3) is 2.89. The number of hydrogen-bond donors (Lipinski definition) is 0. The van der Waals surface area contributed by atoms with Crippen molar-refractivity contribution in [3.8, 4) is 17.2 Å². The first kappa shape index (κ1) is 13.5. The highest BCUT2D eigenvalue weighted by molar-refractivity contribution is 5.74. The number of carbonyl (C=O) groups excluding carboxylic acids is 1. The van der Waals surface area contributed by atoms with Crippen molar-refractivity contribution in [2.24, 2.45) is 0 Å². The number of ether oxygens (including phenoxy) is 2. The number of non-ortho nitro benzene ring substituents is 1. The van der Waals surface area contributed by atoms with E-state index >= 15 is 0 Å². The Morgan fingerprint density at radius 3 is 2.70 bits per heavy atom. The van der Waals surface area contributed by atoms with Crippen LogP contribution in [0.15, 0.2) is 36.7 Å². The number of methoxy groups -OCH3 is 1. The molecular weight excluding hydrogens is 264 g/mol. The van der Waals surface area contributed by atoms with Crippen LogP contribution in [0, 0.1) is 10.1 Å². The molecule has 7 nitrogen and oxygen atoms in total. The van der Waals surface area contributed by atoms with E-state index in [9.17, 15) is 14.9 Å². The minimum Gasteiger partial charge on any atom is -0.493 e. The van der Waals surface area contributed by atoms with Crippen molar-refractivity contribution in [1.82, 2.24) is 4.98 Å². The van der Waals surface area contributed by atoms with Gasteiger partial charge in [0.1, 0.15) is 5.75 Å². The second-order valence-corrected chi connectivity index (χ2v) is 3.77. The molecule has 1 heterocycles. The first-order valence-corrected chi connectivity index (χ1v) is 5.54. The molecule has 0 saturated heterocycles. The van der Waals surface area contributed by atoms with Crippen molar-refractivity contribution in [3.05, 3.63) is 52.3 Å². The lowest BCUT2D eigenvalue weighted by molar-refractivity contribution is -0.384. The standard InChI is InChI=1S/C13H10N2O5/c1-19-13-5-10(15(17)18)2-3-12(13)20-11-4-9(8-16)6-14-7-11/h2-8H,1H3. The van der Waals surface area contributed by atoms with E-state index in [1.165, 1.54) is 43.8 Å². The van der Waals surface area contributed by atoms with E-state index in [-0.39, 0.29) is 11.4 Å². The summed E-state index contributed by atoms with van der Waals surface area (Å²) in [5, 5.41) is 10.7. The maximum absolute atomic E-state index is 10.7. The van der Waals surface area contributed by atoms with Crippen LogP contribution in [0.25, 0.3) is 0 Å². The monoisotopic (exact) mass is 274 g/mol. The van der Waals surface area contributed by atoms with E-state index in [2.05, 4.69) is 4.98 Å². The summed E-state index contributed by atoms with van der Waals surface area (Å²) < 4.78 is 10.6. The Kier molecular flexibility index (Phi) is 3.90. The fourth-order valence-corrected chi connectivity index (χ4v) is 1.54. The van der Waals surface area contributed by atoms with Gasteiger partial charge in [-0.15, -0.1) is 0 Å². The molecular formula is C13H10N2O5. The molecule has 0 amide bonds. The van der Waals surface area contributed by atoms with E-state index in [0.717, 1.165) is 0 Å². The van der Waals surface area contributed by atoms with Crippen LogP contribution in [0.2, 0.25) is 0 Å². The highest BCUT2D eigenvalue weighted by Gasteiger charge is 2.13. The van der Waals surface area contributed by atoms with Gasteiger partial charge in [0.15, 0.2) is 17.8 Å². The average molecular weight is 274 g/mol. The number of nitrogens with zero attached hydrogens (tertiary/aromatic N) is 2. The summed E-state index contributed by atoms with van der Waals surface area (Å²) in [5.74, 6) is 0.848. The van der Waals surface area contributed by atoms with Crippen LogP contribution in [0.1, 0.15) is 10.4 Å². The summed E-state index contributed by atoms with van der Waals surface area (Å²) >= 11 is 0. The molecule has 20 heavy (non-hydrogen) atoms. The molecule has 2 rings (SSSR count). The Hall–Kier alpha value is -2.96. The van der Waals surface area contributed by atoms with Gasteiger partial charge in [-0.1, -0.05) is 0 Å². The molecule has 102 valence electrons. The van der Waals surface area contributed by atoms with E-state index in [1.807, 2.05) is 0 Å². The fourth-order valence-electron chi connectivity index (χ4n) is 1.54. The smallest absolute Gasteiger partial charge is 0.273 e. The van der Waals surface area contributed by atoms with Crippen LogP contribution in [0.4, 0.5) is 5.69 Å². The Morgan fingerprint density at radius 2 is 2.05 bits per heavy atom. The van der Waals surface area contributed by atoms with E-state index in [4.69, 9.17) is 9.47 Å². The molecule has 0 unspecified atom stereocenters. The second kappa shape index (κ2) is 5.79. The van der Waals surface area contributed by atoms with E-state index in [0.29, 0.717) is 23.3 Å². The molecule has 0 spiro atoms. The van der Waals surface area contributed by atoms with Crippen molar-refractivity contribution in [2.45, 2.75) is 0 Å². The summed E-state index contributed by atoms with van der Waals surface area (Å²) in [6.45, 7) is 0. The second-order valence-electron chi connectivity index (χ2n) is 3.77. The van der Waals surface area contributed by atoms with Crippen LogP contribution >= 0.6 is 0 Å². The molecule has 1 aromatic carbocycles. The van der Waals surface area contributed by atoms with Gasteiger partial charge in [0.25, 0.3) is 5.69 Å². The number of aldehydes is 1. The van der Waals surface area contributed by atoms with Crippen molar-refractivity contribution in [2.75, 3.05) is 7.11 Å². The molecule has 7 heteroatoms. The van der Waals surface area contributed by atoms with Gasteiger partial charge in [0.05, 0.1) is 24.3 Å². The van der Waals surface area contributed by atoms with Gasteiger partial charge in [-0.2, -0.15) is 0 Å². The molecule has 0 bridgehead atoms. The lowest BCUT2D eigenvalue weighted by atomic mass is 10.2. The van der Waals surface area contributed by atoms with Crippen LogP contribution < -0.4 is 9.47 Å². The zero-order valence-electron chi connectivity index (χ0n) is 10.5. The molecule has 0 aliphatic heterocycles. The molecule has 0 aliphatic rings. The highest BCUT2D eigenvalue weighted by atomic mass is 16.6. The molecule has 0 saturated carbocycles. The van der Waals surface area contributed by atoms with Crippen LogP contribution in [0.3, 0.4) is 0 Å². The Morgan fingerprint density at radius 1 is 1.25 bits per heavy atom. The maximum atomic E-state index is 10.7. The van der Waals surface area contributed by atoms with Crippen LogP contribution in [0.5, 0.6) is 17.2 Å². The van der Waals surface area contributed by atoms with Gasteiger partial charge < -0.3 is 9.47 Å². The third-order valence-electron chi connectivity index (χ3n) is 2.46. The molecule has 0 N–H and O–H groups in total. The van der Waals surface area contributed by atoms with Crippen molar-refractivity contribution in [3.63, 3.8) is 0 Å². The van der Waals surface area contributed by atoms with Crippen molar-refractivity contribution >= 4 is 12.0 Å². The lowest BCUT2D eigenvalue weighted by Gasteiger charge is -2.09. The minimum atomic E-state index is -0.527. The summed E-state index contributed by atoms with van der Waals surface area (Å²) in [5.41, 5.74) is 0.261. The number of benzene rings is 1. The van der Waals surface area contributed by atoms with E-state index < -0.39 is 4.92 Å². The average Bonchev–Trinajstić information content (AvgIpc) is 2.47. The molecule has 0 radical (unpaired) electrons. The van der Waals surface area contributed by atoms with E-state index in [1.54, 1.807) is 0 Å². The van der Waals surface area contributed by atoms with Gasteiger partial charge in [-0.25, -0.2) is 0 Å². The Labute approximate surface area is 113 Å². The van der Waals surface area contributed by atoms with Gasteiger partial charge in [-0.05, 0) is 12.1 Å². The maximum Gasteiger partial charge on any atom is 0.273 e. The predicted octanol–water partition coefficient (Wildman–Crippen LogP) is 2.60. The van der Waals surface area contributed by atoms with Crippen molar-refractivity contribution in [1.29, 1.82) is 0 Å². The number of nitro benzene ring substituents is 1. The molecule has 0 aliphatic carbocycles. The SMILES string of the molecule is COc1cc([N+](=O)[O-])ccc1Oc1cncc(C=O)c1. The van der Waals surface area contributed by atoms with Gasteiger partial charge in [-0.3, -0.25) is 19.9 Å². The van der Waals surface area contributed by atoms with Gasteiger partial charge >= 0.3 is 0 Å². The summed E-state index contributed by atoms with van der Waals surface area (Å²) in [7, 11) is 1.38. The summed E-state index contributed by atoms with van der Waals surface area (Å²) in [6, 6.07) is 5.48. The number of aromatic nitrogens is 1. The Balaban J connectivity index is 2.32. The zero-order chi connectivity index (χ0) is 14.5. The molecule has 2 aromatic rings. The third-order valence-corrected chi connectivity index (χ3v) is 2.46. The predicted molar refractivity (Wildman–Crippen MR) is 69.3 cm³/mol. The molecule has 1 aromatic heterocycles. The van der Waals surface area contributed by atoms with Gasteiger partial charge in [0.2, 0.25) is 0 Å². The highest BCUT2D eigenvalue weighted by Crippen LogP contribution is 2.34. The number of hydrogen-bond acceptors (Lipinski definition) is 6. The first-order chi connectivity index (χ1) is 9.63. The number of pyridine rings is 1. The first-order valence-electron chi connectivity index (χ1n) is 5.54. The normalized spacial score (nSPS) is 9.85. The summed E-state index contributed by atoms with van der Waals surface area (Å²) in [6.07, 6.45) is 3.47. The van der Waals surface area contributed by atoms with Gasteiger partial charge in [0, 0.05) is 17.8 Å². The number of rotatable bonds is 5. The zero-order valence-corrected chi connectivity index (χ0v) is 10.5. The number of nitro groups is 1. The lowest BCUT2D eigenvalue weighted by Crippen LogP contribution is -1.94. The minimum absolute atomic E-state index is 0.103. The quantitative estimate of drug-likeness (QED) is 0.472. The fraction of sp³-hybridized carbons (Fsp3) is 0.0769.